The van der Waals surface area contributed by atoms with Gasteiger partial charge in [-0.3, -0.25) is 9.48 Å². The number of amides is 1. The van der Waals surface area contributed by atoms with Crippen molar-refractivity contribution in [3.8, 4) is 5.69 Å². The van der Waals surface area contributed by atoms with Crippen LogP contribution < -0.4 is 0 Å². The molecule has 8 heteroatoms. The molecule has 1 amide bonds. The Morgan fingerprint density at radius 3 is 2.67 bits per heavy atom. The Hall–Kier alpha value is -2.97. The van der Waals surface area contributed by atoms with Crippen LogP contribution in [0.15, 0.2) is 48.7 Å². The van der Waals surface area contributed by atoms with Crippen molar-refractivity contribution in [3.05, 3.63) is 65.7 Å². The number of aryl methyl sites for hydroxylation is 2. The van der Waals surface area contributed by atoms with Crippen molar-refractivity contribution in [1.82, 2.24) is 24.5 Å². The molecule has 3 heterocycles. The lowest BCUT2D eigenvalue weighted by Crippen LogP contribution is -2.39. The Labute approximate surface area is 176 Å². The van der Waals surface area contributed by atoms with Gasteiger partial charge in [-0.25, -0.2) is 4.68 Å². The molecule has 1 aliphatic rings. The quantitative estimate of drug-likeness (QED) is 0.626. The summed E-state index contributed by atoms with van der Waals surface area (Å²) in [6, 6.07) is 13.6. The van der Waals surface area contributed by atoms with Gasteiger partial charge in [0, 0.05) is 18.9 Å². The molecule has 0 bridgehead atoms. The minimum absolute atomic E-state index is 0.146. The maximum atomic E-state index is 13.4. The summed E-state index contributed by atoms with van der Waals surface area (Å²) in [4.78, 5) is 15.1. The molecule has 0 radical (unpaired) electrons. The van der Waals surface area contributed by atoms with Crippen LogP contribution in [0, 0.1) is 6.92 Å². The molecule has 1 atom stereocenters. The van der Waals surface area contributed by atoms with E-state index in [0.29, 0.717) is 25.4 Å². The highest BCUT2D eigenvalue weighted by atomic mass is 16.7. The van der Waals surface area contributed by atoms with Crippen LogP contribution in [0.25, 0.3) is 5.69 Å². The zero-order chi connectivity index (χ0) is 21.3. The second-order valence-electron chi connectivity index (χ2n) is 8.00. The lowest BCUT2D eigenvalue weighted by molar-refractivity contribution is -0.139. The van der Waals surface area contributed by atoms with Crippen LogP contribution in [-0.4, -0.2) is 55.4 Å². The highest BCUT2D eigenvalue weighted by Gasteiger charge is 2.35. The van der Waals surface area contributed by atoms with Gasteiger partial charge >= 0.3 is 0 Å². The first-order valence-corrected chi connectivity index (χ1v) is 10.0. The highest BCUT2D eigenvalue weighted by molar-refractivity contribution is 5.92. The van der Waals surface area contributed by atoms with Crippen LogP contribution in [0.3, 0.4) is 0 Å². The minimum Gasteiger partial charge on any atom is -0.348 e. The summed E-state index contributed by atoms with van der Waals surface area (Å²) >= 11 is 0. The summed E-state index contributed by atoms with van der Waals surface area (Å²) in [6.07, 6.45) is 1.54. The van der Waals surface area contributed by atoms with Crippen molar-refractivity contribution < 1.29 is 14.3 Å². The van der Waals surface area contributed by atoms with Gasteiger partial charge in [0.25, 0.3) is 5.91 Å². The number of carbonyl (C=O) groups is 1. The van der Waals surface area contributed by atoms with Gasteiger partial charge in [0.05, 0.1) is 31.1 Å². The molecule has 158 valence electrons. The van der Waals surface area contributed by atoms with Crippen molar-refractivity contribution in [1.29, 1.82) is 0 Å². The van der Waals surface area contributed by atoms with Crippen molar-refractivity contribution in [2.75, 3.05) is 13.2 Å². The smallest absolute Gasteiger partial charge is 0.274 e. The number of carbonyl (C=O) groups excluding carboxylic acids is 1. The summed E-state index contributed by atoms with van der Waals surface area (Å²) in [5, 5.41) is 8.82. The van der Waals surface area contributed by atoms with Crippen LogP contribution in [0.4, 0.5) is 0 Å². The molecule has 0 unspecified atom stereocenters. The van der Waals surface area contributed by atoms with Gasteiger partial charge in [-0.2, -0.15) is 10.2 Å². The van der Waals surface area contributed by atoms with Crippen molar-refractivity contribution in [3.63, 3.8) is 0 Å². The van der Waals surface area contributed by atoms with Crippen LogP contribution >= 0.6 is 0 Å². The topological polar surface area (TPSA) is 74.4 Å². The molecule has 30 heavy (non-hydrogen) atoms. The van der Waals surface area contributed by atoms with E-state index in [1.54, 1.807) is 21.8 Å². The van der Waals surface area contributed by atoms with Gasteiger partial charge in [0.2, 0.25) is 0 Å². The third-order valence-electron chi connectivity index (χ3n) is 5.19. The number of rotatable bonds is 6. The molecule has 0 saturated carbocycles. The fraction of sp³-hybridized carbons (Fsp3) is 0.409. The van der Waals surface area contributed by atoms with Gasteiger partial charge in [-0.15, -0.1) is 0 Å². The summed E-state index contributed by atoms with van der Waals surface area (Å²) in [5.74, 6) is -0.792. The normalized spacial score (nSPS) is 17.9. The number of hydrogen-bond donors (Lipinski definition) is 0. The van der Waals surface area contributed by atoms with Gasteiger partial charge in [0.1, 0.15) is 6.10 Å². The number of aromatic nitrogens is 4. The van der Waals surface area contributed by atoms with E-state index in [9.17, 15) is 4.79 Å². The monoisotopic (exact) mass is 409 g/mol. The standard InChI is InChI=1S/C22H27N5O3/c1-16-12-20(24-25(16)4)21(28)26(14-19-15-29-22(2,3)30-19)13-18-10-11-23-27(18)17-8-6-5-7-9-17/h5-12,19H,13-15H2,1-4H3/t19-/m1/s1. The molecule has 1 saturated heterocycles. The van der Waals surface area contributed by atoms with Crippen LogP contribution in [0.2, 0.25) is 0 Å². The largest absolute Gasteiger partial charge is 0.348 e. The van der Waals surface area contributed by atoms with E-state index >= 15 is 0 Å². The third kappa shape index (κ3) is 4.29. The number of ether oxygens (including phenoxy) is 2. The molecule has 1 aliphatic heterocycles. The van der Waals surface area contributed by atoms with Gasteiger partial charge < -0.3 is 14.4 Å². The van der Waals surface area contributed by atoms with Gasteiger partial charge in [-0.05, 0) is 45.0 Å². The molecule has 1 fully saturated rings. The Balaban J connectivity index is 1.61. The Morgan fingerprint density at radius 2 is 2.03 bits per heavy atom. The number of benzene rings is 1. The fourth-order valence-corrected chi connectivity index (χ4v) is 3.59. The van der Waals surface area contributed by atoms with E-state index in [-0.39, 0.29) is 12.0 Å². The average molecular weight is 409 g/mol. The molecular formula is C22H27N5O3. The molecular weight excluding hydrogens is 382 g/mol. The summed E-state index contributed by atoms with van der Waals surface area (Å²) < 4.78 is 15.2. The zero-order valence-corrected chi connectivity index (χ0v) is 17.8. The second kappa shape index (κ2) is 8.04. The molecule has 8 nitrogen and oxygen atoms in total. The summed E-state index contributed by atoms with van der Waals surface area (Å²) in [6.45, 7) is 6.91. The third-order valence-corrected chi connectivity index (χ3v) is 5.19. The number of para-hydroxylation sites is 1. The Bertz CT molecular complexity index is 1010. The van der Waals surface area contributed by atoms with Crippen LogP contribution in [0.5, 0.6) is 0 Å². The van der Waals surface area contributed by atoms with Crippen molar-refractivity contribution in [2.45, 2.75) is 39.2 Å². The maximum absolute atomic E-state index is 13.4. The van der Waals surface area contributed by atoms with E-state index in [4.69, 9.17) is 9.47 Å². The van der Waals surface area contributed by atoms with Crippen LogP contribution in [0.1, 0.15) is 35.7 Å². The SMILES string of the molecule is Cc1cc(C(=O)N(Cc2ccnn2-c2ccccc2)C[C@@H]2COC(C)(C)O2)nn1C. The van der Waals surface area contributed by atoms with E-state index in [2.05, 4.69) is 10.2 Å². The van der Waals surface area contributed by atoms with Crippen molar-refractivity contribution in [2.24, 2.45) is 7.05 Å². The molecule has 2 aromatic heterocycles. The maximum Gasteiger partial charge on any atom is 0.274 e. The molecule has 0 aliphatic carbocycles. The minimum atomic E-state index is -0.646. The van der Waals surface area contributed by atoms with Gasteiger partial charge in [0.15, 0.2) is 11.5 Å². The molecule has 4 rings (SSSR count). The van der Waals surface area contributed by atoms with Crippen molar-refractivity contribution >= 4 is 5.91 Å². The molecule has 0 N–H and O–H groups in total. The average Bonchev–Trinajstić information content (AvgIpc) is 3.41. The fourth-order valence-electron chi connectivity index (χ4n) is 3.59. The van der Waals surface area contributed by atoms with Crippen LogP contribution in [-0.2, 0) is 23.1 Å². The first-order chi connectivity index (χ1) is 14.3. The molecule has 1 aromatic carbocycles. The lowest BCUT2D eigenvalue weighted by atomic mass is 10.2. The first kappa shape index (κ1) is 20.3. The zero-order valence-electron chi connectivity index (χ0n) is 17.8. The first-order valence-electron chi connectivity index (χ1n) is 10.0. The lowest BCUT2D eigenvalue weighted by Gasteiger charge is -2.25. The number of hydrogen-bond acceptors (Lipinski definition) is 5. The van der Waals surface area contributed by atoms with E-state index in [1.165, 1.54) is 0 Å². The van der Waals surface area contributed by atoms with E-state index in [1.807, 2.05) is 68.9 Å². The van der Waals surface area contributed by atoms with E-state index < -0.39 is 5.79 Å². The number of nitrogens with zero attached hydrogens (tertiary/aromatic N) is 5. The summed E-state index contributed by atoms with van der Waals surface area (Å²) in [7, 11) is 1.83. The predicted molar refractivity (Wildman–Crippen MR) is 111 cm³/mol. The van der Waals surface area contributed by atoms with E-state index in [0.717, 1.165) is 17.1 Å². The molecule has 3 aromatic rings. The second-order valence-corrected chi connectivity index (χ2v) is 8.00. The molecule has 0 spiro atoms. The predicted octanol–water partition coefficient (Wildman–Crippen LogP) is 2.71. The Kier molecular flexibility index (Phi) is 5.44. The highest BCUT2D eigenvalue weighted by Crippen LogP contribution is 2.24. The van der Waals surface area contributed by atoms with Gasteiger partial charge in [-0.1, -0.05) is 18.2 Å². The summed E-state index contributed by atoms with van der Waals surface area (Å²) in [5.41, 5.74) is 3.19. The Morgan fingerprint density at radius 1 is 1.27 bits per heavy atom.